The maximum atomic E-state index is 3.55. The molecule has 0 spiro atoms. The Labute approximate surface area is 107 Å². The van der Waals surface area contributed by atoms with Crippen molar-refractivity contribution in [2.45, 2.75) is 39.2 Å². The minimum Gasteiger partial charge on any atom is -0.312 e. The van der Waals surface area contributed by atoms with Crippen LogP contribution in [0.5, 0.6) is 0 Å². The Balaban J connectivity index is 1.62. The third-order valence-electron chi connectivity index (χ3n) is 2.94. The number of nitrogens with one attached hydrogen (secondary N) is 1. The summed E-state index contributed by atoms with van der Waals surface area (Å²) in [6.45, 7) is 4.47. The first kappa shape index (κ1) is 12.5. The normalized spacial score (nSPS) is 14.3. The SMILES string of the molecule is CCSCCCNCc1cc2c(s1)CCC2. The Morgan fingerprint density at radius 3 is 3.19 bits per heavy atom. The molecule has 1 aromatic heterocycles. The van der Waals surface area contributed by atoms with Crippen molar-refractivity contribution < 1.29 is 0 Å². The van der Waals surface area contributed by atoms with Gasteiger partial charge in [-0.15, -0.1) is 11.3 Å². The molecule has 1 aliphatic carbocycles. The molecule has 2 rings (SSSR count). The number of thiophene rings is 1. The molecule has 0 aliphatic heterocycles. The lowest BCUT2D eigenvalue weighted by Gasteiger charge is -2.02. The number of hydrogen-bond donors (Lipinski definition) is 1. The van der Waals surface area contributed by atoms with E-state index in [0.29, 0.717) is 0 Å². The third-order valence-corrected chi connectivity index (χ3v) is 5.17. The van der Waals surface area contributed by atoms with Gasteiger partial charge in [0.15, 0.2) is 0 Å². The largest absolute Gasteiger partial charge is 0.312 e. The Kier molecular flexibility index (Phi) is 5.20. The average molecular weight is 255 g/mol. The topological polar surface area (TPSA) is 12.0 Å². The van der Waals surface area contributed by atoms with Gasteiger partial charge in [0, 0.05) is 16.3 Å². The van der Waals surface area contributed by atoms with Crippen LogP contribution in [0.15, 0.2) is 6.07 Å². The zero-order valence-corrected chi connectivity index (χ0v) is 11.7. The maximum absolute atomic E-state index is 3.55. The standard InChI is InChI=1S/C13H21NS2/c1-2-15-8-4-7-14-10-12-9-11-5-3-6-13(11)16-12/h9,14H,2-8,10H2,1H3. The molecular formula is C13H21NS2. The van der Waals surface area contributed by atoms with Crippen LogP contribution in [-0.4, -0.2) is 18.1 Å². The molecule has 0 radical (unpaired) electrons. The summed E-state index contributed by atoms with van der Waals surface area (Å²) < 4.78 is 0. The maximum Gasteiger partial charge on any atom is 0.0299 e. The van der Waals surface area contributed by atoms with Gasteiger partial charge in [-0.3, -0.25) is 0 Å². The van der Waals surface area contributed by atoms with Gasteiger partial charge < -0.3 is 5.32 Å². The van der Waals surface area contributed by atoms with Gasteiger partial charge in [-0.2, -0.15) is 11.8 Å². The molecule has 0 amide bonds. The number of fused-ring (bicyclic) bond motifs is 1. The smallest absolute Gasteiger partial charge is 0.0299 e. The predicted molar refractivity (Wildman–Crippen MR) is 75.7 cm³/mol. The molecule has 16 heavy (non-hydrogen) atoms. The quantitative estimate of drug-likeness (QED) is 0.749. The molecule has 3 heteroatoms. The van der Waals surface area contributed by atoms with Crippen LogP contribution in [-0.2, 0) is 19.4 Å². The second-order valence-corrected chi connectivity index (χ2v) is 6.86. The van der Waals surface area contributed by atoms with E-state index in [1.54, 1.807) is 10.4 Å². The fraction of sp³-hybridized carbons (Fsp3) is 0.692. The molecular weight excluding hydrogens is 234 g/mol. The molecule has 1 heterocycles. The molecule has 0 saturated heterocycles. The van der Waals surface area contributed by atoms with Crippen molar-refractivity contribution in [2.24, 2.45) is 0 Å². The molecule has 1 N–H and O–H groups in total. The van der Waals surface area contributed by atoms with Crippen molar-refractivity contribution in [3.63, 3.8) is 0 Å². The first-order chi connectivity index (χ1) is 7.90. The van der Waals surface area contributed by atoms with E-state index in [-0.39, 0.29) is 0 Å². The monoisotopic (exact) mass is 255 g/mol. The van der Waals surface area contributed by atoms with E-state index in [4.69, 9.17) is 0 Å². The Hall–Kier alpha value is 0.01000. The van der Waals surface area contributed by atoms with Crippen LogP contribution in [0.3, 0.4) is 0 Å². The summed E-state index contributed by atoms with van der Waals surface area (Å²) in [6.07, 6.45) is 5.32. The molecule has 0 unspecified atom stereocenters. The summed E-state index contributed by atoms with van der Waals surface area (Å²) >= 11 is 4.06. The molecule has 1 nitrogen and oxygen atoms in total. The highest BCUT2D eigenvalue weighted by Gasteiger charge is 2.14. The van der Waals surface area contributed by atoms with Crippen molar-refractivity contribution in [1.29, 1.82) is 0 Å². The van der Waals surface area contributed by atoms with E-state index < -0.39 is 0 Å². The van der Waals surface area contributed by atoms with Gasteiger partial charge in [0.05, 0.1) is 0 Å². The molecule has 0 saturated carbocycles. The fourth-order valence-electron chi connectivity index (χ4n) is 2.13. The van der Waals surface area contributed by atoms with Gasteiger partial charge in [0.2, 0.25) is 0 Å². The molecule has 0 fully saturated rings. The van der Waals surface area contributed by atoms with E-state index in [0.717, 1.165) is 13.1 Å². The summed E-state index contributed by atoms with van der Waals surface area (Å²) in [7, 11) is 0. The molecule has 0 bridgehead atoms. The number of rotatable bonds is 7. The molecule has 1 aliphatic rings. The van der Waals surface area contributed by atoms with Gasteiger partial charge in [-0.1, -0.05) is 6.92 Å². The highest BCUT2D eigenvalue weighted by Crippen LogP contribution is 2.30. The van der Waals surface area contributed by atoms with Crippen LogP contribution in [0, 0.1) is 0 Å². The predicted octanol–water partition coefficient (Wildman–Crippen LogP) is 3.47. The van der Waals surface area contributed by atoms with Crippen molar-refractivity contribution in [3.8, 4) is 0 Å². The molecule has 90 valence electrons. The average Bonchev–Trinajstić information content (AvgIpc) is 2.83. The Morgan fingerprint density at radius 2 is 2.38 bits per heavy atom. The summed E-state index contributed by atoms with van der Waals surface area (Å²) in [5.41, 5.74) is 1.63. The van der Waals surface area contributed by atoms with E-state index in [1.807, 2.05) is 23.1 Å². The minimum absolute atomic E-state index is 1.08. The second-order valence-electron chi connectivity index (χ2n) is 4.24. The molecule has 0 atom stereocenters. The highest BCUT2D eigenvalue weighted by atomic mass is 32.2. The summed E-state index contributed by atoms with van der Waals surface area (Å²) in [5, 5.41) is 3.55. The number of aryl methyl sites for hydroxylation is 2. The van der Waals surface area contributed by atoms with Crippen LogP contribution in [0.4, 0.5) is 0 Å². The van der Waals surface area contributed by atoms with Gasteiger partial charge in [-0.25, -0.2) is 0 Å². The van der Waals surface area contributed by atoms with Crippen LogP contribution < -0.4 is 5.32 Å². The van der Waals surface area contributed by atoms with Crippen LogP contribution >= 0.6 is 23.1 Å². The lowest BCUT2D eigenvalue weighted by Crippen LogP contribution is -2.14. The fourth-order valence-corrected chi connectivity index (χ4v) is 4.00. The van der Waals surface area contributed by atoms with Crippen molar-refractivity contribution in [1.82, 2.24) is 5.32 Å². The lowest BCUT2D eigenvalue weighted by atomic mass is 10.2. The summed E-state index contributed by atoms with van der Waals surface area (Å²) in [5.74, 6) is 2.54. The lowest BCUT2D eigenvalue weighted by molar-refractivity contribution is 0.684. The minimum atomic E-state index is 1.08. The number of hydrogen-bond acceptors (Lipinski definition) is 3. The Bertz CT molecular complexity index is 298. The van der Waals surface area contributed by atoms with E-state index in [1.165, 1.54) is 42.1 Å². The zero-order chi connectivity index (χ0) is 11.2. The van der Waals surface area contributed by atoms with Crippen LogP contribution in [0.1, 0.15) is 35.1 Å². The van der Waals surface area contributed by atoms with Gasteiger partial charge in [-0.05, 0) is 55.4 Å². The van der Waals surface area contributed by atoms with E-state index in [2.05, 4.69) is 18.3 Å². The Morgan fingerprint density at radius 1 is 1.44 bits per heavy atom. The van der Waals surface area contributed by atoms with Crippen LogP contribution in [0.2, 0.25) is 0 Å². The van der Waals surface area contributed by atoms with E-state index >= 15 is 0 Å². The second kappa shape index (κ2) is 6.67. The summed E-state index contributed by atoms with van der Waals surface area (Å²) in [6, 6.07) is 2.42. The molecule has 0 aromatic carbocycles. The van der Waals surface area contributed by atoms with Gasteiger partial charge in [0.25, 0.3) is 0 Å². The zero-order valence-electron chi connectivity index (χ0n) is 10.1. The van der Waals surface area contributed by atoms with Gasteiger partial charge in [0.1, 0.15) is 0 Å². The van der Waals surface area contributed by atoms with Crippen molar-refractivity contribution >= 4 is 23.1 Å². The highest BCUT2D eigenvalue weighted by molar-refractivity contribution is 7.99. The number of thioether (sulfide) groups is 1. The van der Waals surface area contributed by atoms with Crippen molar-refractivity contribution in [3.05, 3.63) is 21.4 Å². The first-order valence-electron chi connectivity index (χ1n) is 6.29. The first-order valence-corrected chi connectivity index (χ1v) is 8.26. The third kappa shape index (κ3) is 3.51. The van der Waals surface area contributed by atoms with E-state index in [9.17, 15) is 0 Å². The van der Waals surface area contributed by atoms with Gasteiger partial charge >= 0.3 is 0 Å². The van der Waals surface area contributed by atoms with Crippen LogP contribution in [0.25, 0.3) is 0 Å². The molecule has 1 aromatic rings. The summed E-state index contributed by atoms with van der Waals surface area (Å²) in [4.78, 5) is 3.19. The van der Waals surface area contributed by atoms with Crippen molar-refractivity contribution in [2.75, 3.05) is 18.1 Å².